The van der Waals surface area contributed by atoms with Crippen LogP contribution >= 0.6 is 0 Å². The van der Waals surface area contributed by atoms with Crippen molar-refractivity contribution in [2.75, 3.05) is 19.7 Å². The molecule has 1 amide bonds. The smallest absolute Gasteiger partial charge is 0.260 e. The Morgan fingerprint density at radius 2 is 1.73 bits per heavy atom. The number of piperazine rings is 1. The fraction of sp³-hybridized carbons (Fsp3) is 0.381. The van der Waals surface area contributed by atoms with E-state index in [2.05, 4.69) is 18.7 Å². The van der Waals surface area contributed by atoms with Gasteiger partial charge in [-0.05, 0) is 43.7 Å². The number of nitrogens with zero attached hydrogens (tertiary/aromatic N) is 2. The molecular weight excluding hydrogens is 331 g/mol. The highest BCUT2D eigenvalue weighted by Crippen LogP contribution is 2.19. The summed E-state index contributed by atoms with van der Waals surface area (Å²) in [6, 6.07) is 16.3. The van der Waals surface area contributed by atoms with Gasteiger partial charge in [0.2, 0.25) is 0 Å². The third-order valence-corrected chi connectivity index (χ3v) is 4.84. The maximum atomic E-state index is 13.1. The van der Waals surface area contributed by atoms with Crippen LogP contribution in [0.15, 0.2) is 54.6 Å². The molecule has 0 spiro atoms. The van der Waals surface area contributed by atoms with E-state index in [1.165, 1.54) is 12.1 Å². The minimum atomic E-state index is -0.219. The van der Waals surface area contributed by atoms with Crippen LogP contribution in [0, 0.1) is 5.82 Å². The van der Waals surface area contributed by atoms with Gasteiger partial charge in [-0.1, -0.05) is 30.3 Å². The maximum Gasteiger partial charge on any atom is 0.260 e. The van der Waals surface area contributed by atoms with Gasteiger partial charge in [-0.2, -0.15) is 0 Å². The van der Waals surface area contributed by atoms with Gasteiger partial charge in [0.25, 0.3) is 5.91 Å². The van der Waals surface area contributed by atoms with Crippen molar-refractivity contribution >= 4 is 5.91 Å². The van der Waals surface area contributed by atoms with Gasteiger partial charge in [0.05, 0.1) is 0 Å². The molecule has 0 aliphatic carbocycles. The van der Waals surface area contributed by atoms with E-state index in [1.54, 1.807) is 0 Å². The van der Waals surface area contributed by atoms with Crippen molar-refractivity contribution in [1.29, 1.82) is 0 Å². The molecule has 0 saturated carbocycles. The number of hydrogen-bond donors (Lipinski definition) is 0. The number of benzene rings is 2. The van der Waals surface area contributed by atoms with Gasteiger partial charge in [0.1, 0.15) is 11.6 Å². The average molecular weight is 356 g/mol. The quantitative estimate of drug-likeness (QED) is 0.824. The van der Waals surface area contributed by atoms with Gasteiger partial charge in [-0.3, -0.25) is 9.69 Å². The molecule has 2 aromatic rings. The summed E-state index contributed by atoms with van der Waals surface area (Å²) >= 11 is 0. The molecule has 1 heterocycles. The van der Waals surface area contributed by atoms with Gasteiger partial charge in [0, 0.05) is 31.7 Å². The molecule has 2 atom stereocenters. The number of halogens is 1. The van der Waals surface area contributed by atoms with E-state index < -0.39 is 0 Å². The van der Waals surface area contributed by atoms with Crippen molar-refractivity contribution in [2.45, 2.75) is 32.5 Å². The molecule has 4 nitrogen and oxygen atoms in total. The van der Waals surface area contributed by atoms with Crippen LogP contribution in [-0.2, 0) is 11.3 Å². The first kappa shape index (κ1) is 18.4. The Hall–Kier alpha value is -2.40. The van der Waals surface area contributed by atoms with Crippen LogP contribution < -0.4 is 4.74 Å². The normalized spacial score (nSPS) is 20.8. The van der Waals surface area contributed by atoms with Crippen LogP contribution in [0.5, 0.6) is 5.75 Å². The molecule has 1 fully saturated rings. The second-order valence-corrected chi connectivity index (χ2v) is 6.90. The Labute approximate surface area is 154 Å². The summed E-state index contributed by atoms with van der Waals surface area (Å²) in [5.74, 6) is 0.495. The number of hydrogen-bond acceptors (Lipinski definition) is 3. The fourth-order valence-electron chi connectivity index (χ4n) is 3.34. The largest absolute Gasteiger partial charge is 0.484 e. The highest BCUT2D eigenvalue weighted by Gasteiger charge is 2.31. The predicted molar refractivity (Wildman–Crippen MR) is 99.4 cm³/mol. The summed E-state index contributed by atoms with van der Waals surface area (Å²) < 4.78 is 18.7. The Bertz CT molecular complexity index is 721. The first-order valence-corrected chi connectivity index (χ1v) is 8.98. The SMILES string of the molecule is CC1CN(C(=O)COc2ccccc2)C(C)CN1Cc1ccc(F)cc1. The number of para-hydroxylation sites is 1. The van der Waals surface area contributed by atoms with Crippen LogP contribution in [0.25, 0.3) is 0 Å². The van der Waals surface area contributed by atoms with Crippen LogP contribution in [0.4, 0.5) is 4.39 Å². The molecule has 2 unspecified atom stereocenters. The van der Waals surface area contributed by atoms with Gasteiger partial charge in [-0.25, -0.2) is 4.39 Å². The molecule has 1 aliphatic rings. The van der Waals surface area contributed by atoms with Crippen molar-refractivity contribution in [3.05, 3.63) is 66.0 Å². The number of rotatable bonds is 5. The maximum absolute atomic E-state index is 13.1. The van der Waals surface area contributed by atoms with Crippen molar-refractivity contribution < 1.29 is 13.9 Å². The molecule has 2 aromatic carbocycles. The zero-order valence-corrected chi connectivity index (χ0v) is 15.3. The van der Waals surface area contributed by atoms with Crippen LogP contribution in [0.1, 0.15) is 19.4 Å². The van der Waals surface area contributed by atoms with Crippen LogP contribution in [-0.4, -0.2) is 47.5 Å². The van der Waals surface area contributed by atoms with E-state index in [1.807, 2.05) is 47.4 Å². The van der Waals surface area contributed by atoms with Gasteiger partial charge in [-0.15, -0.1) is 0 Å². The lowest BCUT2D eigenvalue weighted by Gasteiger charge is -2.44. The van der Waals surface area contributed by atoms with Gasteiger partial charge >= 0.3 is 0 Å². The second-order valence-electron chi connectivity index (χ2n) is 6.90. The first-order chi connectivity index (χ1) is 12.5. The molecule has 26 heavy (non-hydrogen) atoms. The highest BCUT2D eigenvalue weighted by molar-refractivity contribution is 5.78. The zero-order valence-electron chi connectivity index (χ0n) is 15.3. The van der Waals surface area contributed by atoms with Gasteiger partial charge < -0.3 is 9.64 Å². The number of ether oxygens (including phenoxy) is 1. The van der Waals surface area contributed by atoms with Crippen molar-refractivity contribution in [3.63, 3.8) is 0 Å². The molecule has 1 saturated heterocycles. The van der Waals surface area contributed by atoms with E-state index in [4.69, 9.17) is 4.74 Å². The average Bonchev–Trinajstić information content (AvgIpc) is 2.65. The minimum absolute atomic E-state index is 0.00892. The Kier molecular flexibility index (Phi) is 5.89. The molecule has 0 N–H and O–H groups in total. The summed E-state index contributed by atoms with van der Waals surface area (Å²) in [4.78, 5) is 16.8. The summed E-state index contributed by atoms with van der Waals surface area (Å²) in [5, 5.41) is 0. The molecular formula is C21H25FN2O2. The first-order valence-electron chi connectivity index (χ1n) is 8.98. The summed E-state index contributed by atoms with van der Waals surface area (Å²) in [5.41, 5.74) is 1.08. The third kappa shape index (κ3) is 4.61. The lowest BCUT2D eigenvalue weighted by atomic mass is 10.1. The van der Waals surface area contributed by atoms with Crippen LogP contribution in [0.3, 0.4) is 0 Å². The molecule has 138 valence electrons. The Morgan fingerprint density at radius 3 is 2.42 bits per heavy atom. The number of carbonyl (C=O) groups excluding carboxylic acids is 1. The van der Waals surface area contributed by atoms with E-state index in [9.17, 15) is 9.18 Å². The molecule has 3 rings (SSSR count). The third-order valence-electron chi connectivity index (χ3n) is 4.84. The fourth-order valence-corrected chi connectivity index (χ4v) is 3.34. The second kappa shape index (κ2) is 8.32. The predicted octanol–water partition coefficient (Wildman–Crippen LogP) is 3.33. The lowest BCUT2D eigenvalue weighted by molar-refractivity contribution is -0.139. The van der Waals surface area contributed by atoms with Crippen molar-refractivity contribution in [3.8, 4) is 5.75 Å². The van der Waals surface area contributed by atoms with Crippen LogP contribution in [0.2, 0.25) is 0 Å². The number of amides is 1. The highest BCUT2D eigenvalue weighted by atomic mass is 19.1. The number of carbonyl (C=O) groups is 1. The van der Waals surface area contributed by atoms with Gasteiger partial charge in [0.15, 0.2) is 6.61 Å². The molecule has 0 bridgehead atoms. The summed E-state index contributed by atoms with van der Waals surface area (Å²) in [7, 11) is 0. The molecule has 0 radical (unpaired) electrons. The lowest BCUT2D eigenvalue weighted by Crippen LogP contribution is -2.58. The monoisotopic (exact) mass is 356 g/mol. The van der Waals surface area contributed by atoms with E-state index >= 15 is 0 Å². The topological polar surface area (TPSA) is 32.8 Å². The van der Waals surface area contributed by atoms with Crippen molar-refractivity contribution in [1.82, 2.24) is 9.80 Å². The van der Waals surface area contributed by atoms with Crippen molar-refractivity contribution in [2.24, 2.45) is 0 Å². The summed E-state index contributed by atoms with van der Waals surface area (Å²) in [6.45, 7) is 6.44. The standard InChI is InChI=1S/C21H25FN2O2/c1-16-13-24(21(25)15-26-20-6-4-3-5-7-20)17(2)12-23(16)14-18-8-10-19(22)11-9-18/h3-11,16-17H,12-15H2,1-2H3. The molecule has 5 heteroatoms. The minimum Gasteiger partial charge on any atom is -0.484 e. The zero-order chi connectivity index (χ0) is 18.5. The summed E-state index contributed by atoms with van der Waals surface area (Å²) in [6.07, 6.45) is 0. The molecule has 1 aliphatic heterocycles. The Balaban J connectivity index is 1.55. The molecule has 0 aromatic heterocycles. The Morgan fingerprint density at radius 1 is 1.04 bits per heavy atom. The van der Waals surface area contributed by atoms with E-state index in [0.717, 1.165) is 18.7 Å². The van der Waals surface area contributed by atoms with E-state index in [0.29, 0.717) is 12.3 Å². The van der Waals surface area contributed by atoms with E-state index in [-0.39, 0.29) is 30.4 Å².